The Morgan fingerprint density at radius 2 is 2.10 bits per heavy atom. The molecule has 1 aliphatic rings. The van der Waals surface area contributed by atoms with Crippen LogP contribution in [0, 0.1) is 5.92 Å². The number of rotatable bonds is 3. The van der Waals surface area contributed by atoms with E-state index in [0.29, 0.717) is 5.69 Å². The molecule has 0 radical (unpaired) electrons. The Morgan fingerprint density at radius 3 is 2.86 bits per heavy atom. The monoisotopic (exact) mass is 308 g/mol. The fraction of sp³-hybridized carbons (Fsp3) is 0.286. The Morgan fingerprint density at radius 1 is 1.29 bits per heavy atom. The minimum absolute atomic E-state index is 0.0415. The molecule has 1 aromatic carbocycles. The summed E-state index contributed by atoms with van der Waals surface area (Å²) in [4.78, 5) is 17.8. The van der Waals surface area contributed by atoms with Crippen molar-refractivity contribution < 1.29 is 17.1 Å². The summed E-state index contributed by atoms with van der Waals surface area (Å²) in [5, 5.41) is 0.817. The minimum Gasteiger partial charge on any atom is -0.311 e. The van der Waals surface area contributed by atoms with Crippen molar-refractivity contribution in [3.8, 4) is 0 Å². The number of aromatic nitrogens is 1. The first-order valence-electron chi connectivity index (χ1n) is 6.50. The lowest BCUT2D eigenvalue weighted by Crippen LogP contribution is -2.25. The first-order chi connectivity index (χ1) is 9.94. The average molecular weight is 308 g/mol. The van der Waals surface area contributed by atoms with Crippen LogP contribution in [0.1, 0.15) is 6.42 Å². The summed E-state index contributed by atoms with van der Waals surface area (Å²) in [6.45, 7) is 0.204. The number of benzene rings is 1. The summed E-state index contributed by atoms with van der Waals surface area (Å²) in [6, 6.07) is 9.04. The van der Waals surface area contributed by atoms with Gasteiger partial charge in [-0.05, 0) is 24.3 Å². The third kappa shape index (κ3) is 2.87. The minimum atomic E-state index is -4.57. The number of halogens is 1. The van der Waals surface area contributed by atoms with Gasteiger partial charge in [0.05, 0.1) is 17.0 Å². The van der Waals surface area contributed by atoms with Gasteiger partial charge < -0.3 is 4.90 Å². The van der Waals surface area contributed by atoms with Crippen molar-refractivity contribution in [1.82, 2.24) is 4.98 Å². The van der Waals surface area contributed by atoms with Crippen molar-refractivity contribution in [1.29, 1.82) is 0 Å². The second-order valence-electron chi connectivity index (χ2n) is 5.13. The van der Waals surface area contributed by atoms with E-state index in [1.54, 1.807) is 24.4 Å². The van der Waals surface area contributed by atoms with Crippen LogP contribution in [0.3, 0.4) is 0 Å². The quantitative estimate of drug-likeness (QED) is 0.812. The normalized spacial score (nSPS) is 19.4. The number of pyridine rings is 1. The van der Waals surface area contributed by atoms with Crippen molar-refractivity contribution in [3.05, 3.63) is 36.5 Å². The van der Waals surface area contributed by atoms with Crippen LogP contribution >= 0.6 is 0 Å². The lowest BCUT2D eigenvalue weighted by molar-refractivity contribution is -0.117. The number of carbonyl (C=O) groups excluding carboxylic acids is 1. The third-order valence-corrected chi connectivity index (χ3v) is 4.42. The number of hydrogen-bond acceptors (Lipinski definition) is 4. The predicted octanol–water partition coefficient (Wildman–Crippen LogP) is 1.89. The van der Waals surface area contributed by atoms with Gasteiger partial charge >= 0.3 is 10.2 Å². The fourth-order valence-corrected chi connectivity index (χ4v) is 3.52. The Balaban J connectivity index is 1.95. The van der Waals surface area contributed by atoms with Gasteiger partial charge in [-0.3, -0.25) is 9.78 Å². The summed E-state index contributed by atoms with van der Waals surface area (Å²) in [5.74, 6) is -1.32. The second-order valence-corrected chi connectivity index (χ2v) is 6.54. The first-order valence-corrected chi connectivity index (χ1v) is 8.06. The van der Waals surface area contributed by atoms with E-state index in [1.807, 2.05) is 12.1 Å². The number of nitrogens with zero attached hydrogens (tertiary/aromatic N) is 2. The van der Waals surface area contributed by atoms with Crippen molar-refractivity contribution in [2.45, 2.75) is 6.42 Å². The molecular formula is C14H13FN2O3S. The lowest BCUT2D eigenvalue weighted by atomic mass is 10.1. The molecule has 1 saturated heterocycles. The molecule has 5 nitrogen and oxygen atoms in total. The number of amides is 1. The molecule has 0 bridgehead atoms. The lowest BCUT2D eigenvalue weighted by Gasteiger charge is -2.18. The fourth-order valence-electron chi connectivity index (χ4n) is 2.73. The first kappa shape index (κ1) is 13.9. The number of carbonyl (C=O) groups is 1. The molecule has 1 aliphatic heterocycles. The molecule has 0 aliphatic carbocycles. The topological polar surface area (TPSA) is 67.3 Å². The zero-order chi connectivity index (χ0) is 15.0. The third-order valence-electron chi connectivity index (χ3n) is 3.55. The summed E-state index contributed by atoms with van der Waals surface area (Å²) >= 11 is 0. The summed E-state index contributed by atoms with van der Waals surface area (Å²) in [7, 11) is -4.57. The Bertz CT molecular complexity index is 801. The molecule has 1 unspecified atom stereocenters. The maximum Gasteiger partial charge on any atom is 0.302 e. The number of hydrogen-bond donors (Lipinski definition) is 0. The van der Waals surface area contributed by atoms with E-state index in [9.17, 15) is 17.1 Å². The summed E-state index contributed by atoms with van der Waals surface area (Å²) in [5.41, 5.74) is 1.44. The van der Waals surface area contributed by atoms with Crippen LogP contribution in [0.25, 0.3) is 10.9 Å². The van der Waals surface area contributed by atoms with E-state index in [2.05, 4.69) is 4.98 Å². The molecular weight excluding hydrogens is 295 g/mol. The molecule has 1 amide bonds. The van der Waals surface area contributed by atoms with Crippen LogP contribution in [-0.2, 0) is 15.0 Å². The van der Waals surface area contributed by atoms with E-state index < -0.39 is 21.9 Å². The van der Waals surface area contributed by atoms with Crippen LogP contribution in [0.15, 0.2) is 36.5 Å². The van der Waals surface area contributed by atoms with Crippen molar-refractivity contribution in [3.63, 3.8) is 0 Å². The predicted molar refractivity (Wildman–Crippen MR) is 77.1 cm³/mol. The second kappa shape index (κ2) is 5.07. The van der Waals surface area contributed by atoms with E-state index in [4.69, 9.17) is 0 Å². The van der Waals surface area contributed by atoms with Gasteiger partial charge in [0, 0.05) is 30.5 Å². The van der Waals surface area contributed by atoms with Crippen LogP contribution in [0.5, 0.6) is 0 Å². The molecule has 2 heterocycles. The van der Waals surface area contributed by atoms with Crippen LogP contribution in [0.4, 0.5) is 9.57 Å². The Hall–Kier alpha value is -2.02. The van der Waals surface area contributed by atoms with Crippen LogP contribution in [0.2, 0.25) is 0 Å². The van der Waals surface area contributed by atoms with Gasteiger partial charge in [-0.2, -0.15) is 8.42 Å². The van der Waals surface area contributed by atoms with Crippen LogP contribution < -0.4 is 4.90 Å². The molecule has 0 spiro atoms. The van der Waals surface area contributed by atoms with Gasteiger partial charge in [-0.15, -0.1) is 3.89 Å². The maximum atomic E-state index is 12.8. The standard InChI is InChI=1S/C14H13FN2O3S/c15-21(19,20)9-10-7-14(18)17(8-10)13-5-1-4-12-11(13)3-2-6-16-12/h1-6,10H,7-9H2. The van der Waals surface area contributed by atoms with E-state index >= 15 is 0 Å². The largest absolute Gasteiger partial charge is 0.311 e. The summed E-state index contributed by atoms with van der Waals surface area (Å²) < 4.78 is 34.3. The molecule has 21 heavy (non-hydrogen) atoms. The molecule has 0 saturated carbocycles. The molecule has 2 aromatic rings. The highest BCUT2D eigenvalue weighted by molar-refractivity contribution is 7.86. The van der Waals surface area contributed by atoms with E-state index in [-0.39, 0.29) is 18.9 Å². The highest BCUT2D eigenvalue weighted by Crippen LogP contribution is 2.31. The highest BCUT2D eigenvalue weighted by atomic mass is 32.3. The average Bonchev–Trinajstić information content (AvgIpc) is 2.76. The maximum absolute atomic E-state index is 12.8. The SMILES string of the molecule is O=C1CC(CS(=O)(=O)F)CN1c1cccc2ncccc12. The smallest absolute Gasteiger partial charge is 0.302 e. The van der Waals surface area contributed by atoms with Crippen LogP contribution in [-0.4, -0.2) is 31.6 Å². The van der Waals surface area contributed by atoms with E-state index in [0.717, 1.165) is 10.9 Å². The number of anilines is 1. The zero-order valence-corrected chi connectivity index (χ0v) is 11.9. The van der Waals surface area contributed by atoms with Gasteiger partial charge in [-0.25, -0.2) is 0 Å². The molecule has 0 N–H and O–H groups in total. The van der Waals surface area contributed by atoms with Crippen molar-refractivity contribution in [2.24, 2.45) is 5.92 Å². The van der Waals surface area contributed by atoms with Gasteiger partial charge in [-0.1, -0.05) is 6.07 Å². The van der Waals surface area contributed by atoms with Crippen molar-refractivity contribution in [2.75, 3.05) is 17.2 Å². The van der Waals surface area contributed by atoms with Gasteiger partial charge in [0.25, 0.3) is 0 Å². The molecule has 1 fully saturated rings. The van der Waals surface area contributed by atoms with Gasteiger partial charge in [0.15, 0.2) is 0 Å². The molecule has 1 atom stereocenters. The molecule has 1 aromatic heterocycles. The zero-order valence-electron chi connectivity index (χ0n) is 11.1. The molecule has 3 rings (SSSR count). The van der Waals surface area contributed by atoms with Gasteiger partial charge in [0.1, 0.15) is 0 Å². The van der Waals surface area contributed by atoms with E-state index in [1.165, 1.54) is 4.90 Å². The summed E-state index contributed by atoms with van der Waals surface area (Å²) in [6.07, 6.45) is 1.70. The molecule has 7 heteroatoms. The Labute approximate surface area is 121 Å². The van der Waals surface area contributed by atoms with Gasteiger partial charge in [0.2, 0.25) is 5.91 Å². The Kier molecular flexibility index (Phi) is 3.36. The molecule has 110 valence electrons. The van der Waals surface area contributed by atoms with Crippen molar-refractivity contribution >= 4 is 32.7 Å². The highest BCUT2D eigenvalue weighted by Gasteiger charge is 2.34. The number of fused-ring (bicyclic) bond motifs is 1.